The Kier molecular flexibility index (Phi) is 2.91. The van der Waals surface area contributed by atoms with E-state index in [0.29, 0.717) is 30.6 Å². The lowest BCUT2D eigenvalue weighted by atomic mass is 10.2. The number of nitrogens with one attached hydrogen (secondary N) is 1. The number of hydrogen-bond donors (Lipinski definition) is 1. The maximum Gasteiger partial charge on any atom is 0.246 e. The number of aromatic nitrogens is 2. The molecule has 0 amide bonds. The van der Waals surface area contributed by atoms with Crippen molar-refractivity contribution in [3.05, 3.63) is 11.9 Å². The van der Waals surface area contributed by atoms with Crippen LogP contribution in [0.25, 0.3) is 0 Å². The number of nitrogens with zero attached hydrogens (tertiary/aromatic N) is 3. The molecule has 3 rings (SSSR count). The molecule has 3 heterocycles. The van der Waals surface area contributed by atoms with Gasteiger partial charge in [-0.3, -0.25) is 4.68 Å². The van der Waals surface area contributed by atoms with E-state index < -0.39 is 10.0 Å². The van der Waals surface area contributed by atoms with Gasteiger partial charge in [-0.1, -0.05) is 0 Å². The zero-order valence-corrected chi connectivity index (χ0v) is 11.3. The normalized spacial score (nSPS) is 25.3. The zero-order chi connectivity index (χ0) is 12.8. The van der Waals surface area contributed by atoms with Crippen LogP contribution >= 0.6 is 0 Å². The van der Waals surface area contributed by atoms with Gasteiger partial charge in [-0.15, -0.1) is 0 Å². The molecule has 1 aromatic rings. The Morgan fingerprint density at radius 3 is 2.83 bits per heavy atom. The summed E-state index contributed by atoms with van der Waals surface area (Å²) in [4.78, 5) is 0.379. The highest BCUT2D eigenvalue weighted by molar-refractivity contribution is 7.89. The van der Waals surface area contributed by atoms with Crippen molar-refractivity contribution in [3.8, 4) is 0 Å². The fourth-order valence-corrected chi connectivity index (χ4v) is 4.28. The Balaban J connectivity index is 1.98. The molecule has 0 unspecified atom stereocenters. The van der Waals surface area contributed by atoms with Gasteiger partial charge in [0, 0.05) is 25.7 Å². The van der Waals surface area contributed by atoms with E-state index in [1.165, 1.54) is 6.20 Å². The summed E-state index contributed by atoms with van der Waals surface area (Å²) < 4.78 is 28.4. The molecule has 0 aliphatic carbocycles. The van der Waals surface area contributed by atoms with E-state index in [9.17, 15) is 8.42 Å². The van der Waals surface area contributed by atoms with Crippen molar-refractivity contribution >= 4 is 10.0 Å². The van der Waals surface area contributed by atoms with Crippen molar-refractivity contribution in [2.75, 3.05) is 13.1 Å². The Morgan fingerprint density at radius 2 is 2.11 bits per heavy atom. The molecule has 1 fully saturated rings. The van der Waals surface area contributed by atoms with Crippen molar-refractivity contribution in [3.63, 3.8) is 0 Å². The Labute approximate surface area is 107 Å². The quantitative estimate of drug-likeness (QED) is 0.831. The third-order valence-corrected chi connectivity index (χ3v) is 5.60. The van der Waals surface area contributed by atoms with Gasteiger partial charge in [0.1, 0.15) is 4.90 Å². The minimum atomic E-state index is -3.34. The van der Waals surface area contributed by atoms with Crippen molar-refractivity contribution in [1.82, 2.24) is 19.4 Å². The Hall–Kier alpha value is -0.920. The molecule has 7 heteroatoms. The number of fused-ring (bicyclic) bond motifs is 1. The lowest BCUT2D eigenvalue weighted by molar-refractivity contribution is 0.384. The third-order valence-electron chi connectivity index (χ3n) is 3.66. The van der Waals surface area contributed by atoms with Crippen molar-refractivity contribution in [1.29, 1.82) is 0 Å². The largest absolute Gasteiger partial charge is 0.307 e. The van der Waals surface area contributed by atoms with Gasteiger partial charge >= 0.3 is 0 Å². The van der Waals surface area contributed by atoms with Gasteiger partial charge in [0.2, 0.25) is 10.0 Å². The van der Waals surface area contributed by atoms with Gasteiger partial charge in [0.25, 0.3) is 0 Å². The van der Waals surface area contributed by atoms with Gasteiger partial charge in [-0.2, -0.15) is 9.40 Å². The molecule has 18 heavy (non-hydrogen) atoms. The number of sulfonamides is 1. The highest BCUT2D eigenvalue weighted by Gasteiger charge is 2.32. The summed E-state index contributed by atoms with van der Waals surface area (Å²) in [6.45, 7) is 4.64. The van der Waals surface area contributed by atoms with Crippen LogP contribution in [0.5, 0.6) is 0 Å². The van der Waals surface area contributed by atoms with Crippen LogP contribution in [0.3, 0.4) is 0 Å². The van der Waals surface area contributed by atoms with Gasteiger partial charge in [-0.05, 0) is 19.8 Å². The minimum Gasteiger partial charge on any atom is -0.307 e. The van der Waals surface area contributed by atoms with E-state index in [1.54, 1.807) is 4.31 Å². The van der Waals surface area contributed by atoms with Crippen molar-refractivity contribution < 1.29 is 8.42 Å². The summed E-state index contributed by atoms with van der Waals surface area (Å²) in [7, 11) is -3.34. The molecule has 1 atom stereocenters. The molecular weight excluding hydrogens is 252 g/mol. The highest BCUT2D eigenvalue weighted by atomic mass is 32.2. The summed E-state index contributed by atoms with van der Waals surface area (Å²) in [6, 6.07) is 0.333. The van der Waals surface area contributed by atoms with Crippen LogP contribution in [0.15, 0.2) is 11.1 Å². The molecule has 0 aromatic carbocycles. The van der Waals surface area contributed by atoms with Gasteiger partial charge in [0.05, 0.1) is 18.4 Å². The fraction of sp³-hybridized carbons (Fsp3) is 0.727. The summed E-state index contributed by atoms with van der Waals surface area (Å²) >= 11 is 0. The van der Waals surface area contributed by atoms with Gasteiger partial charge in [0.15, 0.2) is 0 Å². The average Bonchev–Trinajstić information content (AvgIpc) is 2.97. The summed E-state index contributed by atoms with van der Waals surface area (Å²) in [5.41, 5.74) is 0.792. The first-order chi connectivity index (χ1) is 8.59. The first-order valence-corrected chi connectivity index (χ1v) is 7.81. The second-order valence-electron chi connectivity index (χ2n) is 5.03. The number of rotatable bonds is 2. The molecule has 1 aromatic heterocycles. The van der Waals surface area contributed by atoms with Crippen LogP contribution in [0, 0.1) is 0 Å². The molecule has 1 saturated heterocycles. The second kappa shape index (κ2) is 4.32. The molecule has 1 N–H and O–H groups in total. The standard InChI is InChI=1S/C11H18N4O2S/c1-9-8-15-10(6-12-9)11(7-13-15)18(16,17)14-4-2-3-5-14/h7,9,12H,2-6,8H2,1H3/t9-/m0/s1. The minimum absolute atomic E-state index is 0.333. The first kappa shape index (κ1) is 12.1. The molecule has 0 radical (unpaired) electrons. The smallest absolute Gasteiger partial charge is 0.246 e. The third kappa shape index (κ3) is 1.86. The van der Waals surface area contributed by atoms with Crippen molar-refractivity contribution in [2.24, 2.45) is 0 Å². The molecule has 0 saturated carbocycles. The number of hydrogen-bond acceptors (Lipinski definition) is 4. The second-order valence-corrected chi connectivity index (χ2v) is 6.94. The summed E-state index contributed by atoms with van der Waals surface area (Å²) in [6.07, 6.45) is 3.42. The van der Waals surface area contributed by atoms with E-state index >= 15 is 0 Å². The van der Waals surface area contributed by atoms with E-state index in [1.807, 2.05) is 4.68 Å². The summed E-state index contributed by atoms with van der Waals surface area (Å²) in [5.74, 6) is 0. The van der Waals surface area contributed by atoms with Gasteiger partial charge in [-0.25, -0.2) is 8.42 Å². The predicted octanol–water partition coefficient (Wildman–Crippen LogP) is 0.159. The molecule has 2 aliphatic rings. The van der Waals surface area contributed by atoms with Crippen LogP contribution in [0.1, 0.15) is 25.5 Å². The molecule has 100 valence electrons. The SMILES string of the molecule is C[C@H]1Cn2ncc(S(=O)(=O)N3CCCC3)c2CN1. The van der Waals surface area contributed by atoms with E-state index in [0.717, 1.165) is 25.1 Å². The molecule has 0 bridgehead atoms. The monoisotopic (exact) mass is 270 g/mol. The predicted molar refractivity (Wildman–Crippen MR) is 66.5 cm³/mol. The molecule has 0 spiro atoms. The van der Waals surface area contributed by atoms with E-state index in [2.05, 4.69) is 17.3 Å². The molecule has 2 aliphatic heterocycles. The van der Waals surface area contributed by atoms with Crippen LogP contribution in [-0.2, 0) is 23.1 Å². The maximum atomic E-state index is 12.5. The van der Waals surface area contributed by atoms with E-state index in [-0.39, 0.29) is 0 Å². The van der Waals surface area contributed by atoms with Crippen molar-refractivity contribution in [2.45, 2.75) is 43.8 Å². The Morgan fingerprint density at radius 1 is 1.39 bits per heavy atom. The maximum absolute atomic E-state index is 12.5. The lowest BCUT2D eigenvalue weighted by Crippen LogP contribution is -2.38. The highest BCUT2D eigenvalue weighted by Crippen LogP contribution is 2.25. The lowest BCUT2D eigenvalue weighted by Gasteiger charge is -2.23. The average molecular weight is 270 g/mol. The van der Waals surface area contributed by atoms with Gasteiger partial charge < -0.3 is 5.32 Å². The summed E-state index contributed by atoms with van der Waals surface area (Å²) in [5, 5.41) is 7.50. The van der Waals surface area contributed by atoms with Crippen LogP contribution < -0.4 is 5.32 Å². The molecular formula is C11H18N4O2S. The van der Waals surface area contributed by atoms with Crippen LogP contribution in [0.2, 0.25) is 0 Å². The van der Waals surface area contributed by atoms with E-state index in [4.69, 9.17) is 0 Å². The zero-order valence-electron chi connectivity index (χ0n) is 10.5. The Bertz CT molecular complexity index is 545. The fourth-order valence-electron chi connectivity index (χ4n) is 2.61. The molecule has 6 nitrogen and oxygen atoms in total. The van der Waals surface area contributed by atoms with Crippen LogP contribution in [0.4, 0.5) is 0 Å². The van der Waals surface area contributed by atoms with Crippen LogP contribution in [-0.4, -0.2) is 41.6 Å². The first-order valence-electron chi connectivity index (χ1n) is 6.37. The topological polar surface area (TPSA) is 67.2 Å².